The highest BCUT2D eigenvalue weighted by molar-refractivity contribution is 5.98. The summed E-state index contributed by atoms with van der Waals surface area (Å²) < 4.78 is 0. The molecule has 0 aliphatic carbocycles. The summed E-state index contributed by atoms with van der Waals surface area (Å²) in [6.45, 7) is 0.622. The molecule has 0 aromatic heterocycles. The number of benzene rings is 1. The van der Waals surface area contributed by atoms with Crippen LogP contribution in [-0.2, 0) is 6.54 Å². The minimum absolute atomic E-state index is 0.0317. The molecule has 3 heteroatoms. The highest BCUT2D eigenvalue weighted by atomic mass is 16.2. The van der Waals surface area contributed by atoms with Crippen molar-refractivity contribution >= 4 is 5.91 Å². The van der Waals surface area contributed by atoms with Gasteiger partial charge >= 0.3 is 0 Å². The molecule has 2 rings (SSSR count). The van der Waals surface area contributed by atoms with Crippen molar-refractivity contribution in [2.45, 2.75) is 13.0 Å². The molecule has 1 aromatic carbocycles. The lowest BCUT2D eigenvalue weighted by molar-refractivity contribution is 0.0966. The van der Waals surface area contributed by atoms with Crippen molar-refractivity contribution in [2.75, 3.05) is 6.61 Å². The summed E-state index contributed by atoms with van der Waals surface area (Å²) in [6.07, 6.45) is 0.463. The van der Waals surface area contributed by atoms with E-state index in [9.17, 15) is 4.79 Å². The number of hydrogen-bond donors (Lipinski definition) is 2. The maximum absolute atomic E-state index is 11.3. The molecular formula is C12H11NO2. The molecule has 0 saturated carbocycles. The summed E-state index contributed by atoms with van der Waals surface area (Å²) in [5.41, 5.74) is 2.55. The second-order valence-corrected chi connectivity index (χ2v) is 3.29. The number of carbonyl (C=O) groups excluding carboxylic acids is 1. The molecule has 1 heterocycles. The molecule has 0 spiro atoms. The first-order chi connectivity index (χ1) is 7.33. The van der Waals surface area contributed by atoms with Gasteiger partial charge in [-0.15, -0.1) is 0 Å². The molecular weight excluding hydrogens is 190 g/mol. The number of carbonyl (C=O) groups is 1. The maximum Gasteiger partial charge on any atom is 0.251 e. The van der Waals surface area contributed by atoms with Crippen LogP contribution in [0.4, 0.5) is 0 Å². The van der Waals surface area contributed by atoms with Gasteiger partial charge in [-0.05, 0) is 17.7 Å². The third kappa shape index (κ3) is 1.85. The molecule has 0 fully saturated rings. The first-order valence-electron chi connectivity index (χ1n) is 4.83. The largest absolute Gasteiger partial charge is 0.395 e. The maximum atomic E-state index is 11.3. The van der Waals surface area contributed by atoms with Crippen molar-refractivity contribution < 1.29 is 9.90 Å². The Morgan fingerprint density at radius 1 is 1.47 bits per heavy atom. The molecule has 0 atom stereocenters. The van der Waals surface area contributed by atoms with Crippen LogP contribution in [0.5, 0.6) is 0 Å². The normalized spacial score (nSPS) is 12.7. The summed E-state index contributed by atoms with van der Waals surface area (Å²) in [5, 5.41) is 11.4. The van der Waals surface area contributed by atoms with Crippen LogP contribution < -0.4 is 5.32 Å². The lowest BCUT2D eigenvalue weighted by atomic mass is 10.0. The first-order valence-corrected chi connectivity index (χ1v) is 4.83. The van der Waals surface area contributed by atoms with Crippen LogP contribution in [0, 0.1) is 11.8 Å². The minimum atomic E-state index is -0.0317. The zero-order chi connectivity index (χ0) is 10.7. The molecule has 1 amide bonds. The van der Waals surface area contributed by atoms with Crippen LogP contribution in [0.3, 0.4) is 0 Å². The van der Waals surface area contributed by atoms with E-state index in [4.69, 9.17) is 5.11 Å². The second-order valence-electron chi connectivity index (χ2n) is 3.29. The van der Waals surface area contributed by atoms with E-state index in [1.54, 1.807) is 6.07 Å². The van der Waals surface area contributed by atoms with Crippen molar-refractivity contribution in [3.05, 3.63) is 34.9 Å². The summed E-state index contributed by atoms with van der Waals surface area (Å²) in [6, 6.07) is 5.52. The molecule has 15 heavy (non-hydrogen) atoms. The van der Waals surface area contributed by atoms with E-state index in [-0.39, 0.29) is 12.5 Å². The van der Waals surface area contributed by atoms with Gasteiger partial charge in [-0.25, -0.2) is 0 Å². The number of amides is 1. The van der Waals surface area contributed by atoms with Crippen molar-refractivity contribution in [2.24, 2.45) is 0 Å². The SMILES string of the molecule is O=C1NCc2c(C#CCCO)cccc21. The van der Waals surface area contributed by atoms with E-state index in [2.05, 4.69) is 17.2 Å². The van der Waals surface area contributed by atoms with Gasteiger partial charge in [0.15, 0.2) is 0 Å². The quantitative estimate of drug-likeness (QED) is 0.656. The predicted molar refractivity (Wildman–Crippen MR) is 56.2 cm³/mol. The van der Waals surface area contributed by atoms with Gasteiger partial charge in [-0.1, -0.05) is 17.9 Å². The second kappa shape index (κ2) is 4.16. The number of aliphatic hydroxyl groups excluding tert-OH is 1. The van der Waals surface area contributed by atoms with Crippen molar-refractivity contribution in [3.8, 4) is 11.8 Å². The van der Waals surface area contributed by atoms with Crippen LogP contribution >= 0.6 is 0 Å². The van der Waals surface area contributed by atoms with Crippen LogP contribution in [0.15, 0.2) is 18.2 Å². The fraction of sp³-hybridized carbons (Fsp3) is 0.250. The van der Waals surface area contributed by atoms with Crippen LogP contribution in [0.25, 0.3) is 0 Å². The summed E-state index contributed by atoms with van der Waals surface area (Å²) in [4.78, 5) is 11.3. The molecule has 76 valence electrons. The summed E-state index contributed by atoms with van der Waals surface area (Å²) in [7, 11) is 0. The Labute approximate surface area is 88.1 Å². The zero-order valence-corrected chi connectivity index (χ0v) is 8.21. The molecule has 1 aliphatic rings. The van der Waals surface area contributed by atoms with Gasteiger partial charge in [0.25, 0.3) is 5.91 Å². The van der Waals surface area contributed by atoms with Gasteiger partial charge in [0, 0.05) is 24.1 Å². The number of rotatable bonds is 1. The molecule has 0 unspecified atom stereocenters. The third-order valence-electron chi connectivity index (χ3n) is 2.31. The van der Waals surface area contributed by atoms with Crippen LogP contribution in [-0.4, -0.2) is 17.6 Å². The van der Waals surface area contributed by atoms with Crippen molar-refractivity contribution in [3.63, 3.8) is 0 Å². The Balaban J connectivity index is 2.35. The van der Waals surface area contributed by atoms with Gasteiger partial charge < -0.3 is 10.4 Å². The highest BCUT2D eigenvalue weighted by Gasteiger charge is 2.20. The molecule has 3 nitrogen and oxygen atoms in total. The Morgan fingerprint density at radius 3 is 3.13 bits per heavy atom. The van der Waals surface area contributed by atoms with Gasteiger partial charge in [0.1, 0.15) is 0 Å². The van der Waals surface area contributed by atoms with Gasteiger partial charge in [-0.2, -0.15) is 0 Å². The van der Waals surface area contributed by atoms with Crippen molar-refractivity contribution in [1.82, 2.24) is 5.32 Å². The van der Waals surface area contributed by atoms with E-state index in [1.165, 1.54) is 0 Å². The lowest BCUT2D eigenvalue weighted by Crippen LogP contribution is -2.12. The van der Waals surface area contributed by atoms with E-state index >= 15 is 0 Å². The number of aliphatic hydroxyl groups is 1. The summed E-state index contributed by atoms with van der Waals surface area (Å²) >= 11 is 0. The Kier molecular flexibility index (Phi) is 2.70. The average Bonchev–Trinajstić information content (AvgIpc) is 2.62. The van der Waals surface area contributed by atoms with E-state index in [0.717, 1.165) is 11.1 Å². The van der Waals surface area contributed by atoms with Gasteiger partial charge in [-0.3, -0.25) is 4.79 Å². The van der Waals surface area contributed by atoms with E-state index in [1.807, 2.05) is 12.1 Å². The molecule has 0 radical (unpaired) electrons. The zero-order valence-electron chi connectivity index (χ0n) is 8.21. The van der Waals surface area contributed by atoms with E-state index < -0.39 is 0 Å². The first kappa shape index (κ1) is 9.75. The highest BCUT2D eigenvalue weighted by Crippen LogP contribution is 2.18. The molecule has 0 saturated heterocycles. The Morgan fingerprint density at radius 2 is 2.33 bits per heavy atom. The minimum Gasteiger partial charge on any atom is -0.395 e. The Bertz CT molecular complexity index is 454. The van der Waals surface area contributed by atoms with E-state index in [0.29, 0.717) is 18.5 Å². The Hall–Kier alpha value is -1.79. The topological polar surface area (TPSA) is 49.3 Å². The van der Waals surface area contributed by atoms with Gasteiger partial charge in [0.05, 0.1) is 6.61 Å². The molecule has 0 bridgehead atoms. The monoisotopic (exact) mass is 201 g/mol. The fourth-order valence-electron chi connectivity index (χ4n) is 1.58. The van der Waals surface area contributed by atoms with Gasteiger partial charge in [0.2, 0.25) is 0 Å². The van der Waals surface area contributed by atoms with Crippen LogP contribution in [0.2, 0.25) is 0 Å². The summed E-state index contributed by atoms with van der Waals surface area (Å²) in [5.74, 6) is 5.79. The standard InChI is InChI=1S/C12H11NO2/c14-7-2-1-4-9-5-3-6-10-11(9)8-13-12(10)15/h3,5-6,14H,2,7-8H2,(H,13,15). The van der Waals surface area contributed by atoms with Crippen LogP contribution in [0.1, 0.15) is 27.9 Å². The molecule has 1 aliphatic heterocycles. The predicted octanol–water partition coefficient (Wildman–Crippen LogP) is 0.664. The average molecular weight is 201 g/mol. The third-order valence-corrected chi connectivity index (χ3v) is 2.31. The lowest BCUT2D eigenvalue weighted by Gasteiger charge is -1.98. The number of fused-ring (bicyclic) bond motifs is 1. The number of hydrogen-bond acceptors (Lipinski definition) is 2. The number of nitrogens with one attached hydrogen (secondary N) is 1. The smallest absolute Gasteiger partial charge is 0.251 e. The van der Waals surface area contributed by atoms with Crippen molar-refractivity contribution in [1.29, 1.82) is 0 Å². The fourth-order valence-corrected chi connectivity index (χ4v) is 1.58. The molecule has 2 N–H and O–H groups in total. The molecule has 1 aromatic rings.